The van der Waals surface area contributed by atoms with Gasteiger partial charge in [0.15, 0.2) is 21.6 Å². The van der Waals surface area contributed by atoms with Gasteiger partial charge in [-0.05, 0) is 49.4 Å². The number of esters is 1. The lowest BCUT2D eigenvalue weighted by molar-refractivity contribution is -0.115. The fraction of sp³-hybridized carbons (Fsp3) is 0.217. The molecule has 2 aromatic carbocycles. The van der Waals surface area contributed by atoms with Gasteiger partial charge in [-0.25, -0.2) is 9.78 Å². The zero-order valence-electron chi connectivity index (χ0n) is 17.7. The molecule has 1 aliphatic heterocycles. The molecule has 1 aliphatic rings. The van der Waals surface area contributed by atoms with Crippen molar-refractivity contribution in [3.05, 3.63) is 64.7 Å². The number of thioether (sulfide) groups is 1. The number of thiazole rings is 1. The van der Waals surface area contributed by atoms with Crippen LogP contribution in [-0.2, 0) is 16.0 Å². The summed E-state index contributed by atoms with van der Waals surface area (Å²) in [6.45, 7) is 2.21. The predicted molar refractivity (Wildman–Crippen MR) is 124 cm³/mol. The fourth-order valence-corrected chi connectivity index (χ4v) is 4.73. The van der Waals surface area contributed by atoms with E-state index in [-0.39, 0.29) is 30.7 Å². The Labute approximate surface area is 198 Å². The number of ether oxygens (including phenoxy) is 3. The molecular formula is C23H20N2O6S2. The summed E-state index contributed by atoms with van der Waals surface area (Å²) in [6.07, 6.45) is 0.104. The molecule has 33 heavy (non-hydrogen) atoms. The maximum Gasteiger partial charge on any atom is 0.338 e. The van der Waals surface area contributed by atoms with Crippen LogP contribution in [-0.4, -0.2) is 41.8 Å². The number of amides is 1. The molecule has 10 heteroatoms. The van der Waals surface area contributed by atoms with E-state index in [1.807, 2.05) is 0 Å². The zero-order chi connectivity index (χ0) is 23.2. The zero-order valence-corrected chi connectivity index (χ0v) is 19.3. The van der Waals surface area contributed by atoms with Crippen LogP contribution in [0.5, 0.6) is 11.5 Å². The van der Waals surface area contributed by atoms with E-state index < -0.39 is 5.97 Å². The molecule has 0 fully saturated rings. The van der Waals surface area contributed by atoms with Gasteiger partial charge >= 0.3 is 5.97 Å². The molecule has 0 unspecified atom stereocenters. The molecule has 4 rings (SSSR count). The molecule has 0 aliphatic carbocycles. The van der Waals surface area contributed by atoms with E-state index >= 15 is 0 Å². The second kappa shape index (κ2) is 10.5. The van der Waals surface area contributed by atoms with Gasteiger partial charge in [-0.15, -0.1) is 11.3 Å². The van der Waals surface area contributed by atoms with Crippen molar-refractivity contribution in [3.63, 3.8) is 0 Å². The minimum atomic E-state index is -0.403. The second-order valence-corrected chi connectivity index (χ2v) is 8.99. The number of nitrogens with zero attached hydrogens (tertiary/aromatic N) is 1. The third-order valence-electron chi connectivity index (χ3n) is 4.57. The fourth-order valence-electron chi connectivity index (χ4n) is 2.99. The average molecular weight is 485 g/mol. The van der Waals surface area contributed by atoms with Crippen molar-refractivity contribution in [1.82, 2.24) is 4.98 Å². The number of anilines is 1. The number of benzene rings is 2. The van der Waals surface area contributed by atoms with Gasteiger partial charge in [0.05, 0.1) is 30.0 Å². The highest BCUT2D eigenvalue weighted by atomic mass is 32.2. The maximum absolute atomic E-state index is 12.5. The number of aromatic nitrogens is 1. The smallest absolute Gasteiger partial charge is 0.338 e. The van der Waals surface area contributed by atoms with Crippen LogP contribution in [0.3, 0.4) is 0 Å². The number of fused-ring (bicyclic) bond motifs is 1. The number of nitrogens with one attached hydrogen (secondary N) is 1. The molecule has 1 N–H and O–H groups in total. The summed E-state index contributed by atoms with van der Waals surface area (Å²) in [7, 11) is 0. The van der Waals surface area contributed by atoms with Crippen molar-refractivity contribution in [2.75, 3.05) is 24.5 Å². The Kier molecular flexibility index (Phi) is 7.26. The highest BCUT2D eigenvalue weighted by Crippen LogP contribution is 2.33. The number of hydrogen-bond acceptors (Lipinski definition) is 9. The minimum absolute atomic E-state index is 0.0425. The number of carbonyl (C=O) groups excluding carboxylic acids is 3. The van der Waals surface area contributed by atoms with Crippen LogP contribution >= 0.6 is 23.1 Å². The summed E-state index contributed by atoms with van der Waals surface area (Å²) in [5, 5.41) is 4.58. The van der Waals surface area contributed by atoms with E-state index in [2.05, 4.69) is 10.3 Å². The first-order valence-electron chi connectivity index (χ1n) is 10.1. The molecule has 1 amide bonds. The number of carbonyl (C=O) groups is 3. The van der Waals surface area contributed by atoms with Crippen LogP contribution < -0.4 is 14.8 Å². The van der Waals surface area contributed by atoms with Gasteiger partial charge in [-0.3, -0.25) is 9.59 Å². The highest BCUT2D eigenvalue weighted by Gasteiger charge is 2.17. The summed E-state index contributed by atoms with van der Waals surface area (Å²) in [5.74, 6) is 0.767. The molecule has 2 heterocycles. The van der Waals surface area contributed by atoms with Gasteiger partial charge in [0, 0.05) is 16.6 Å². The van der Waals surface area contributed by atoms with Crippen LogP contribution in [0, 0.1) is 0 Å². The Morgan fingerprint density at radius 3 is 2.64 bits per heavy atom. The lowest BCUT2D eigenvalue weighted by atomic mass is 10.1. The first-order chi connectivity index (χ1) is 16.0. The number of hydrogen-bond donors (Lipinski definition) is 1. The highest BCUT2D eigenvalue weighted by molar-refractivity contribution is 8.01. The molecule has 0 radical (unpaired) electrons. The van der Waals surface area contributed by atoms with Crippen molar-refractivity contribution < 1.29 is 28.6 Å². The summed E-state index contributed by atoms with van der Waals surface area (Å²) in [5.41, 5.74) is 2.18. The molecule has 1 aromatic heterocycles. The van der Waals surface area contributed by atoms with Crippen LogP contribution in [0.4, 0.5) is 5.69 Å². The summed E-state index contributed by atoms with van der Waals surface area (Å²) in [4.78, 5) is 40.9. The van der Waals surface area contributed by atoms with Crippen LogP contribution in [0.15, 0.2) is 52.2 Å². The SMILES string of the molecule is CCOC(=O)c1ccc(NC(=O)Cc2csc(SCC(=O)c3ccc4c(c3)OCO4)n2)cc1. The minimum Gasteiger partial charge on any atom is -0.462 e. The van der Waals surface area contributed by atoms with Crippen molar-refractivity contribution in [1.29, 1.82) is 0 Å². The lowest BCUT2D eigenvalue weighted by Crippen LogP contribution is -2.14. The molecule has 170 valence electrons. The standard InChI is InChI=1S/C23H20N2O6S2/c1-2-29-22(28)14-3-6-16(7-4-14)24-21(27)10-17-11-32-23(25-17)33-12-18(26)15-5-8-19-20(9-15)31-13-30-19/h3-9,11H,2,10,12-13H2,1H3,(H,24,27). The number of ketones is 1. The molecule has 3 aromatic rings. The molecule has 0 spiro atoms. The average Bonchev–Trinajstić information content (AvgIpc) is 3.46. The summed E-state index contributed by atoms with van der Waals surface area (Å²) in [6, 6.07) is 11.6. The first kappa shape index (κ1) is 22.8. The lowest BCUT2D eigenvalue weighted by Gasteiger charge is -2.06. The third-order valence-corrected chi connectivity index (χ3v) is 6.64. The molecule has 0 saturated carbocycles. The normalized spacial score (nSPS) is 11.8. The summed E-state index contributed by atoms with van der Waals surface area (Å²) >= 11 is 2.72. The Hall–Kier alpha value is -3.37. The Morgan fingerprint density at radius 1 is 1.09 bits per heavy atom. The van der Waals surface area contributed by atoms with Gasteiger partial charge in [0.25, 0.3) is 0 Å². The van der Waals surface area contributed by atoms with Gasteiger partial charge in [-0.1, -0.05) is 11.8 Å². The van der Waals surface area contributed by atoms with E-state index in [9.17, 15) is 14.4 Å². The van der Waals surface area contributed by atoms with Crippen LogP contribution in [0.1, 0.15) is 33.3 Å². The van der Waals surface area contributed by atoms with Crippen LogP contribution in [0.25, 0.3) is 0 Å². The molecule has 0 bridgehead atoms. The van der Waals surface area contributed by atoms with Gasteiger partial charge in [0.1, 0.15) is 0 Å². The topological polar surface area (TPSA) is 104 Å². The Morgan fingerprint density at radius 2 is 1.85 bits per heavy atom. The quantitative estimate of drug-likeness (QED) is 0.274. The molecule has 0 saturated heterocycles. The van der Waals surface area contributed by atoms with Crippen molar-refractivity contribution in [2.24, 2.45) is 0 Å². The van der Waals surface area contributed by atoms with E-state index in [0.717, 1.165) is 0 Å². The molecular weight excluding hydrogens is 464 g/mol. The largest absolute Gasteiger partial charge is 0.462 e. The molecule has 8 nitrogen and oxygen atoms in total. The van der Waals surface area contributed by atoms with Crippen LogP contribution in [0.2, 0.25) is 0 Å². The third kappa shape index (κ3) is 5.91. The van der Waals surface area contributed by atoms with E-state index in [0.29, 0.717) is 45.0 Å². The Balaban J connectivity index is 1.26. The van der Waals surface area contributed by atoms with Crippen molar-refractivity contribution >= 4 is 46.4 Å². The monoisotopic (exact) mass is 484 g/mol. The van der Waals surface area contributed by atoms with Gasteiger partial charge in [-0.2, -0.15) is 0 Å². The number of rotatable bonds is 9. The van der Waals surface area contributed by atoms with E-state index in [4.69, 9.17) is 14.2 Å². The maximum atomic E-state index is 12.5. The van der Waals surface area contributed by atoms with Gasteiger partial charge < -0.3 is 19.5 Å². The first-order valence-corrected chi connectivity index (χ1v) is 12.0. The van der Waals surface area contributed by atoms with E-state index in [1.165, 1.54) is 23.1 Å². The Bertz CT molecular complexity index is 1180. The predicted octanol–water partition coefficient (Wildman–Crippen LogP) is 4.20. The summed E-state index contributed by atoms with van der Waals surface area (Å²) < 4.78 is 16.2. The van der Waals surface area contributed by atoms with Crippen molar-refractivity contribution in [3.8, 4) is 11.5 Å². The number of Topliss-reactive ketones (excluding diaryl/α,β-unsaturated/α-hetero) is 1. The van der Waals surface area contributed by atoms with Crippen molar-refractivity contribution in [2.45, 2.75) is 17.7 Å². The second-order valence-electron chi connectivity index (χ2n) is 6.91. The molecule has 0 atom stereocenters. The van der Waals surface area contributed by atoms with Gasteiger partial charge in [0.2, 0.25) is 12.7 Å². The van der Waals surface area contributed by atoms with E-state index in [1.54, 1.807) is 54.8 Å².